The molecule has 0 fully saturated rings. The largest absolute Gasteiger partial charge is 0.460 e. The minimum absolute atomic E-state index is 0.270. The summed E-state index contributed by atoms with van der Waals surface area (Å²) in [4.78, 5) is 22.5. The number of Topliss-reactive ketones (excluding diaryl/α,β-unsaturated/α-hetero) is 1. The van der Waals surface area contributed by atoms with E-state index in [1.807, 2.05) is 6.07 Å². The smallest absolute Gasteiger partial charge is 0.374 e. The summed E-state index contributed by atoms with van der Waals surface area (Å²) >= 11 is 0. The third-order valence-corrected chi connectivity index (χ3v) is 3.47. The normalized spacial score (nSPS) is 10.3. The maximum Gasteiger partial charge on any atom is 0.374 e. The molecule has 0 N–H and O–H groups in total. The molecule has 0 aromatic heterocycles. The number of carbonyl (C=O) groups is 2. The molecule has 1 aromatic rings. The van der Waals surface area contributed by atoms with Gasteiger partial charge in [0.05, 0.1) is 6.61 Å². The lowest BCUT2D eigenvalue weighted by Gasteiger charge is -2.03. The number of ketones is 1. The van der Waals surface area contributed by atoms with Gasteiger partial charge in [-0.15, -0.1) is 0 Å². The third kappa shape index (κ3) is 8.28. The van der Waals surface area contributed by atoms with Gasteiger partial charge in [0.1, 0.15) is 0 Å². The lowest BCUT2D eigenvalue weighted by atomic mass is 10.0. The number of hydrogen-bond donors (Lipinski definition) is 0. The van der Waals surface area contributed by atoms with Crippen LogP contribution in [0.1, 0.15) is 57.4 Å². The molecule has 3 heteroatoms. The maximum atomic E-state index is 11.4. The summed E-state index contributed by atoms with van der Waals surface area (Å²) in [6.07, 6.45) is 8.02. The van der Waals surface area contributed by atoms with Crippen molar-refractivity contribution in [3.05, 3.63) is 35.9 Å². The van der Waals surface area contributed by atoms with Crippen LogP contribution in [-0.4, -0.2) is 18.4 Å². The minimum atomic E-state index is -0.680. The Balaban J connectivity index is 1.93. The zero-order valence-corrected chi connectivity index (χ0v) is 13.0. The van der Waals surface area contributed by atoms with E-state index in [9.17, 15) is 9.59 Å². The predicted molar refractivity (Wildman–Crippen MR) is 84.1 cm³/mol. The molecule has 1 aromatic carbocycles. The molecule has 0 aliphatic carbocycles. The van der Waals surface area contributed by atoms with Gasteiger partial charge < -0.3 is 4.74 Å². The van der Waals surface area contributed by atoms with E-state index in [2.05, 4.69) is 29.0 Å². The van der Waals surface area contributed by atoms with Gasteiger partial charge in [0.15, 0.2) is 0 Å². The van der Waals surface area contributed by atoms with Gasteiger partial charge in [-0.3, -0.25) is 4.79 Å². The molecule has 1 rings (SSSR count). The fraction of sp³-hybridized carbons (Fsp3) is 0.556. The highest BCUT2D eigenvalue weighted by molar-refractivity contribution is 6.33. The molecule has 0 atom stereocenters. The highest BCUT2D eigenvalue weighted by Gasteiger charge is 2.13. The fourth-order valence-electron chi connectivity index (χ4n) is 2.28. The zero-order chi connectivity index (χ0) is 15.3. The summed E-state index contributed by atoms with van der Waals surface area (Å²) in [5.41, 5.74) is 1.40. The Bertz CT molecular complexity index is 412. The average Bonchev–Trinajstić information content (AvgIpc) is 2.51. The minimum Gasteiger partial charge on any atom is -0.460 e. The Labute approximate surface area is 127 Å². The van der Waals surface area contributed by atoms with Gasteiger partial charge >= 0.3 is 5.97 Å². The van der Waals surface area contributed by atoms with Crippen LogP contribution in [0.15, 0.2) is 30.3 Å². The molecule has 0 heterocycles. The first-order chi connectivity index (χ1) is 10.2. The lowest BCUT2D eigenvalue weighted by molar-refractivity contribution is -0.153. The van der Waals surface area contributed by atoms with Crippen molar-refractivity contribution in [2.45, 2.75) is 58.3 Å². The summed E-state index contributed by atoms with van der Waals surface area (Å²) < 4.78 is 4.67. The van der Waals surface area contributed by atoms with E-state index < -0.39 is 5.97 Å². The van der Waals surface area contributed by atoms with Crippen LogP contribution in [0.5, 0.6) is 0 Å². The van der Waals surface area contributed by atoms with E-state index in [0.29, 0.717) is 6.42 Å². The number of rotatable bonds is 11. The molecule has 0 bridgehead atoms. The summed E-state index contributed by atoms with van der Waals surface area (Å²) in [5.74, 6) is -1.07. The molecule has 0 radical (unpaired) electrons. The number of aryl methyl sites for hydroxylation is 1. The first kappa shape index (κ1) is 17.4. The number of ether oxygens (including phenoxy) is 1. The second kappa shape index (κ2) is 11.1. The second-order valence-electron chi connectivity index (χ2n) is 5.25. The van der Waals surface area contributed by atoms with Gasteiger partial charge in [-0.25, -0.2) is 4.79 Å². The molecule has 0 unspecified atom stereocenters. The van der Waals surface area contributed by atoms with E-state index in [4.69, 9.17) is 0 Å². The topological polar surface area (TPSA) is 43.4 Å². The van der Waals surface area contributed by atoms with E-state index in [0.717, 1.165) is 25.7 Å². The molecule has 0 spiro atoms. The van der Waals surface area contributed by atoms with Crippen molar-refractivity contribution in [1.82, 2.24) is 0 Å². The number of esters is 1. The van der Waals surface area contributed by atoms with Crippen molar-refractivity contribution < 1.29 is 14.3 Å². The summed E-state index contributed by atoms with van der Waals surface area (Å²) in [5, 5.41) is 0. The molecule has 116 valence electrons. The molecule has 21 heavy (non-hydrogen) atoms. The van der Waals surface area contributed by atoms with Crippen LogP contribution in [0.2, 0.25) is 0 Å². The van der Waals surface area contributed by atoms with Gasteiger partial charge in [-0.2, -0.15) is 0 Å². The Morgan fingerprint density at radius 2 is 1.52 bits per heavy atom. The van der Waals surface area contributed by atoms with Crippen LogP contribution in [0.25, 0.3) is 0 Å². The van der Waals surface area contributed by atoms with E-state index >= 15 is 0 Å². The Morgan fingerprint density at radius 3 is 2.19 bits per heavy atom. The molecule has 0 aliphatic rings. The molecule has 0 aliphatic heterocycles. The zero-order valence-electron chi connectivity index (χ0n) is 13.0. The van der Waals surface area contributed by atoms with Crippen LogP contribution in [0, 0.1) is 0 Å². The standard InChI is InChI=1S/C18H26O3/c1-2-21-18(20)17(19)15-11-6-4-3-5-8-12-16-13-9-7-10-14-16/h7,9-10,13-14H,2-6,8,11-12,15H2,1H3. The van der Waals surface area contributed by atoms with Crippen LogP contribution in [0.3, 0.4) is 0 Å². The van der Waals surface area contributed by atoms with Crippen LogP contribution >= 0.6 is 0 Å². The highest BCUT2D eigenvalue weighted by Crippen LogP contribution is 2.10. The molecule has 0 saturated carbocycles. The highest BCUT2D eigenvalue weighted by atomic mass is 16.5. The van der Waals surface area contributed by atoms with Gasteiger partial charge in [-0.05, 0) is 31.7 Å². The van der Waals surface area contributed by atoms with Crippen LogP contribution in [0.4, 0.5) is 0 Å². The Kier molecular flexibility index (Phi) is 9.18. The SMILES string of the molecule is CCOC(=O)C(=O)CCCCCCCCc1ccccc1. The molecule has 0 saturated heterocycles. The van der Waals surface area contributed by atoms with Crippen LogP contribution in [-0.2, 0) is 20.7 Å². The summed E-state index contributed by atoms with van der Waals surface area (Å²) in [7, 11) is 0. The first-order valence-corrected chi connectivity index (χ1v) is 7.98. The average molecular weight is 290 g/mol. The third-order valence-electron chi connectivity index (χ3n) is 3.47. The number of benzene rings is 1. The van der Waals surface area contributed by atoms with Crippen molar-refractivity contribution >= 4 is 11.8 Å². The number of hydrogen-bond acceptors (Lipinski definition) is 3. The van der Waals surface area contributed by atoms with Crippen molar-refractivity contribution in [2.24, 2.45) is 0 Å². The van der Waals surface area contributed by atoms with Crippen molar-refractivity contribution in [2.75, 3.05) is 6.61 Å². The number of carbonyl (C=O) groups excluding carboxylic acids is 2. The van der Waals surface area contributed by atoms with Gasteiger partial charge in [0.25, 0.3) is 0 Å². The molecule has 3 nitrogen and oxygen atoms in total. The second-order valence-corrected chi connectivity index (χ2v) is 5.25. The fourth-order valence-corrected chi connectivity index (χ4v) is 2.28. The van der Waals surface area contributed by atoms with E-state index in [1.54, 1.807) is 6.92 Å². The molecule has 0 amide bonds. The monoisotopic (exact) mass is 290 g/mol. The van der Waals surface area contributed by atoms with Crippen molar-refractivity contribution in [3.63, 3.8) is 0 Å². The Morgan fingerprint density at radius 1 is 0.905 bits per heavy atom. The van der Waals surface area contributed by atoms with Gasteiger partial charge in [0, 0.05) is 6.42 Å². The maximum absolute atomic E-state index is 11.4. The quantitative estimate of drug-likeness (QED) is 0.350. The van der Waals surface area contributed by atoms with Crippen LogP contribution < -0.4 is 0 Å². The Hall–Kier alpha value is -1.64. The number of unbranched alkanes of at least 4 members (excludes halogenated alkanes) is 5. The van der Waals surface area contributed by atoms with Crippen molar-refractivity contribution in [1.29, 1.82) is 0 Å². The van der Waals surface area contributed by atoms with Gasteiger partial charge in [0.2, 0.25) is 5.78 Å². The van der Waals surface area contributed by atoms with Gasteiger partial charge in [-0.1, -0.05) is 56.0 Å². The lowest BCUT2D eigenvalue weighted by Crippen LogP contribution is -2.16. The summed E-state index contributed by atoms with van der Waals surface area (Å²) in [6.45, 7) is 1.98. The van der Waals surface area contributed by atoms with Crippen molar-refractivity contribution in [3.8, 4) is 0 Å². The van der Waals surface area contributed by atoms with E-state index in [-0.39, 0.29) is 12.4 Å². The van der Waals surface area contributed by atoms with E-state index in [1.165, 1.54) is 24.8 Å². The molecular weight excluding hydrogens is 264 g/mol. The molecular formula is C18H26O3. The first-order valence-electron chi connectivity index (χ1n) is 7.98. The predicted octanol–water partition coefficient (Wildman–Crippen LogP) is 4.09. The summed E-state index contributed by atoms with van der Waals surface area (Å²) in [6, 6.07) is 10.5.